The second-order valence-electron chi connectivity index (χ2n) is 4.82. The van der Waals surface area contributed by atoms with Crippen LogP contribution in [0.1, 0.15) is 11.9 Å². The third kappa shape index (κ3) is 3.21. The summed E-state index contributed by atoms with van der Waals surface area (Å²) in [5, 5.41) is 8.68. The smallest absolute Gasteiger partial charge is 0.183 e. The molecule has 0 bridgehead atoms. The number of halogens is 2. The minimum absolute atomic E-state index is 0.444. The van der Waals surface area contributed by atoms with Crippen LogP contribution >= 0.6 is 27.5 Å². The van der Waals surface area contributed by atoms with Gasteiger partial charge >= 0.3 is 0 Å². The molecule has 7 heteroatoms. The van der Waals surface area contributed by atoms with Crippen molar-refractivity contribution in [1.29, 1.82) is 0 Å². The second kappa shape index (κ2) is 6.88. The lowest BCUT2D eigenvalue weighted by Gasteiger charge is -2.13. The number of fused-ring (bicyclic) bond motifs is 1. The van der Waals surface area contributed by atoms with E-state index >= 15 is 0 Å². The fourth-order valence-corrected chi connectivity index (χ4v) is 2.83. The SMILES string of the molecule is COC(OC)c1ccc2c(Nc3cccc(Br)c3Cl)noc2c1. The van der Waals surface area contributed by atoms with Crippen molar-refractivity contribution in [3.05, 3.63) is 51.5 Å². The van der Waals surface area contributed by atoms with Gasteiger partial charge in [0.2, 0.25) is 0 Å². The summed E-state index contributed by atoms with van der Waals surface area (Å²) in [7, 11) is 3.17. The highest BCUT2D eigenvalue weighted by Crippen LogP contribution is 2.34. The van der Waals surface area contributed by atoms with E-state index in [9.17, 15) is 0 Å². The van der Waals surface area contributed by atoms with Crippen LogP contribution in [-0.2, 0) is 9.47 Å². The van der Waals surface area contributed by atoms with E-state index in [-0.39, 0.29) is 0 Å². The Kier molecular flexibility index (Phi) is 4.87. The van der Waals surface area contributed by atoms with Gasteiger partial charge in [0.05, 0.1) is 16.1 Å². The van der Waals surface area contributed by atoms with Gasteiger partial charge in [0.25, 0.3) is 0 Å². The summed E-state index contributed by atoms with van der Waals surface area (Å²) in [5.74, 6) is 0.595. The molecule has 0 amide bonds. The van der Waals surface area contributed by atoms with E-state index in [1.807, 2.05) is 36.4 Å². The number of methoxy groups -OCH3 is 2. The molecule has 3 rings (SSSR count). The average Bonchev–Trinajstić information content (AvgIpc) is 2.95. The molecule has 1 heterocycles. The average molecular weight is 398 g/mol. The van der Waals surface area contributed by atoms with Crippen molar-refractivity contribution in [2.24, 2.45) is 0 Å². The Balaban J connectivity index is 1.95. The zero-order valence-electron chi connectivity index (χ0n) is 12.5. The third-order valence-electron chi connectivity index (χ3n) is 3.40. The molecule has 2 aromatic carbocycles. The first-order valence-electron chi connectivity index (χ1n) is 6.80. The molecule has 0 fully saturated rings. The first kappa shape index (κ1) is 16.3. The Bertz CT molecular complexity index is 833. The maximum absolute atomic E-state index is 6.26. The zero-order valence-corrected chi connectivity index (χ0v) is 14.8. The summed E-state index contributed by atoms with van der Waals surface area (Å²) in [6.07, 6.45) is -0.444. The van der Waals surface area contributed by atoms with Gasteiger partial charge in [-0.1, -0.05) is 28.9 Å². The molecule has 0 saturated heterocycles. The lowest BCUT2D eigenvalue weighted by atomic mass is 10.1. The molecule has 23 heavy (non-hydrogen) atoms. The van der Waals surface area contributed by atoms with Gasteiger partial charge < -0.3 is 19.3 Å². The van der Waals surface area contributed by atoms with Crippen molar-refractivity contribution in [3.63, 3.8) is 0 Å². The van der Waals surface area contributed by atoms with E-state index in [1.165, 1.54) is 0 Å². The van der Waals surface area contributed by atoms with Gasteiger partial charge in [-0.3, -0.25) is 0 Å². The molecular weight excluding hydrogens is 384 g/mol. The molecule has 5 nitrogen and oxygen atoms in total. The normalized spacial score (nSPS) is 11.3. The Labute approximate surface area is 146 Å². The summed E-state index contributed by atoms with van der Waals surface area (Å²) < 4.78 is 16.7. The summed E-state index contributed by atoms with van der Waals surface area (Å²) in [5.41, 5.74) is 2.23. The second-order valence-corrected chi connectivity index (χ2v) is 6.05. The monoisotopic (exact) mass is 396 g/mol. The zero-order chi connectivity index (χ0) is 16.4. The highest BCUT2D eigenvalue weighted by atomic mass is 79.9. The lowest BCUT2D eigenvalue weighted by Crippen LogP contribution is -2.03. The van der Waals surface area contributed by atoms with Crippen LogP contribution in [-0.4, -0.2) is 19.4 Å². The van der Waals surface area contributed by atoms with Gasteiger partial charge in [0.1, 0.15) is 0 Å². The van der Waals surface area contributed by atoms with E-state index in [0.29, 0.717) is 16.4 Å². The van der Waals surface area contributed by atoms with Gasteiger partial charge in [-0.05, 0) is 40.2 Å². The molecule has 0 atom stereocenters. The van der Waals surface area contributed by atoms with Crippen LogP contribution in [0.5, 0.6) is 0 Å². The summed E-state index contributed by atoms with van der Waals surface area (Å²) in [6.45, 7) is 0. The molecule has 0 aliphatic carbocycles. The number of aromatic nitrogens is 1. The number of benzene rings is 2. The fraction of sp³-hybridized carbons (Fsp3) is 0.188. The summed E-state index contributed by atoms with van der Waals surface area (Å²) in [4.78, 5) is 0. The van der Waals surface area contributed by atoms with Crippen LogP contribution in [0, 0.1) is 0 Å². The van der Waals surface area contributed by atoms with E-state index < -0.39 is 6.29 Å². The molecule has 0 saturated carbocycles. The van der Waals surface area contributed by atoms with Gasteiger partial charge in [0, 0.05) is 24.3 Å². The molecule has 0 unspecified atom stereocenters. The van der Waals surface area contributed by atoms with Crippen molar-refractivity contribution in [2.75, 3.05) is 19.5 Å². The highest BCUT2D eigenvalue weighted by Gasteiger charge is 2.15. The fourth-order valence-electron chi connectivity index (χ4n) is 2.29. The molecule has 3 aromatic rings. The Hall–Kier alpha value is -1.60. The molecular formula is C16H14BrClN2O3. The first-order chi connectivity index (χ1) is 11.1. The number of rotatable bonds is 5. The molecule has 1 N–H and O–H groups in total. The summed E-state index contributed by atoms with van der Waals surface area (Å²) >= 11 is 9.66. The predicted octanol–water partition coefficient (Wildman–Crippen LogP) is 5.28. The predicted molar refractivity (Wildman–Crippen MR) is 93.2 cm³/mol. The standard InChI is InChI=1S/C16H14BrClN2O3/c1-21-16(22-2)9-6-7-10-13(8-9)23-20-15(10)19-12-5-3-4-11(17)14(12)18/h3-8,16H,1-2H3,(H,19,20). The number of nitrogens with zero attached hydrogens (tertiary/aromatic N) is 1. The van der Waals surface area contributed by atoms with Crippen LogP contribution < -0.4 is 5.32 Å². The number of ether oxygens (including phenoxy) is 2. The van der Waals surface area contributed by atoms with E-state index in [2.05, 4.69) is 26.4 Å². The Morgan fingerprint density at radius 1 is 1.22 bits per heavy atom. The Morgan fingerprint density at radius 2 is 2.00 bits per heavy atom. The van der Waals surface area contributed by atoms with Crippen molar-refractivity contribution in [3.8, 4) is 0 Å². The maximum atomic E-state index is 6.26. The molecule has 1 aromatic heterocycles. The van der Waals surface area contributed by atoms with Crippen molar-refractivity contribution >= 4 is 50.0 Å². The van der Waals surface area contributed by atoms with Crippen LogP contribution in [0.25, 0.3) is 11.0 Å². The molecule has 0 spiro atoms. The van der Waals surface area contributed by atoms with Gasteiger partial charge in [0.15, 0.2) is 17.7 Å². The largest absolute Gasteiger partial charge is 0.354 e. The maximum Gasteiger partial charge on any atom is 0.183 e. The van der Waals surface area contributed by atoms with E-state index in [0.717, 1.165) is 21.1 Å². The van der Waals surface area contributed by atoms with Gasteiger partial charge in [-0.25, -0.2) is 0 Å². The van der Waals surface area contributed by atoms with Crippen molar-refractivity contribution < 1.29 is 14.0 Å². The van der Waals surface area contributed by atoms with Crippen LogP contribution in [0.2, 0.25) is 5.02 Å². The number of hydrogen-bond acceptors (Lipinski definition) is 5. The minimum atomic E-state index is -0.444. The van der Waals surface area contributed by atoms with Crippen LogP contribution in [0.4, 0.5) is 11.5 Å². The number of nitrogens with one attached hydrogen (secondary N) is 1. The first-order valence-corrected chi connectivity index (χ1v) is 7.97. The molecule has 0 aliphatic rings. The minimum Gasteiger partial charge on any atom is -0.354 e. The number of hydrogen-bond donors (Lipinski definition) is 1. The van der Waals surface area contributed by atoms with E-state index in [4.69, 9.17) is 25.6 Å². The third-order valence-corrected chi connectivity index (χ3v) is 4.70. The highest BCUT2D eigenvalue weighted by molar-refractivity contribution is 9.10. The molecule has 0 radical (unpaired) electrons. The molecule has 0 aliphatic heterocycles. The van der Waals surface area contributed by atoms with Crippen molar-refractivity contribution in [1.82, 2.24) is 5.16 Å². The van der Waals surface area contributed by atoms with E-state index in [1.54, 1.807) is 14.2 Å². The summed E-state index contributed by atoms with van der Waals surface area (Å²) in [6, 6.07) is 11.3. The van der Waals surface area contributed by atoms with Crippen LogP contribution in [0.3, 0.4) is 0 Å². The van der Waals surface area contributed by atoms with Crippen molar-refractivity contribution in [2.45, 2.75) is 6.29 Å². The number of anilines is 2. The topological polar surface area (TPSA) is 56.5 Å². The van der Waals surface area contributed by atoms with Gasteiger partial charge in [-0.2, -0.15) is 0 Å². The quantitative estimate of drug-likeness (QED) is 0.594. The van der Waals surface area contributed by atoms with Gasteiger partial charge in [-0.15, -0.1) is 0 Å². The Morgan fingerprint density at radius 3 is 2.74 bits per heavy atom. The molecule has 120 valence electrons. The lowest BCUT2D eigenvalue weighted by molar-refractivity contribution is -0.105. The van der Waals surface area contributed by atoms with Crippen LogP contribution in [0.15, 0.2) is 45.4 Å².